The summed E-state index contributed by atoms with van der Waals surface area (Å²) in [6.45, 7) is 1.48. The zero-order chi connectivity index (χ0) is 23.7. The van der Waals surface area contributed by atoms with Gasteiger partial charge in [0, 0.05) is 50.0 Å². The van der Waals surface area contributed by atoms with Crippen LogP contribution in [0.4, 0.5) is 5.82 Å². The van der Waals surface area contributed by atoms with Crippen molar-refractivity contribution in [3.8, 4) is 12.1 Å². The quantitative estimate of drug-likeness (QED) is 0.395. The molecule has 0 aliphatic rings. The van der Waals surface area contributed by atoms with E-state index in [-0.39, 0.29) is 0 Å². The summed E-state index contributed by atoms with van der Waals surface area (Å²) in [7, 11) is 0. The minimum atomic E-state index is 0.438. The molecule has 2 N–H and O–H groups in total. The molecule has 168 valence electrons. The lowest BCUT2D eigenvalue weighted by atomic mass is 10.2. The van der Waals surface area contributed by atoms with Crippen molar-refractivity contribution in [2.45, 2.75) is 25.9 Å². The van der Waals surface area contributed by atoms with Crippen molar-refractivity contribution in [2.75, 3.05) is 11.1 Å². The number of hydrogen-bond donors (Lipinski definition) is 1. The molecule has 0 aliphatic heterocycles. The number of halogens is 1. The number of nitriles is 2. The Hall–Kier alpha value is -4.02. The fourth-order valence-corrected chi connectivity index (χ4v) is 2.63. The van der Waals surface area contributed by atoms with E-state index >= 15 is 0 Å². The summed E-state index contributed by atoms with van der Waals surface area (Å²) in [5, 5.41) is 25.0. The molecule has 4 aromatic heterocycles. The van der Waals surface area contributed by atoms with Gasteiger partial charge in [0.15, 0.2) is 0 Å². The Kier molecular flexibility index (Phi) is 11.4. The molecule has 4 rings (SSSR count). The average molecular weight is 506 g/mol. The van der Waals surface area contributed by atoms with Gasteiger partial charge in [-0.05, 0) is 47.5 Å². The molecule has 0 aromatic carbocycles. The number of aromatic nitrogens is 6. The van der Waals surface area contributed by atoms with Crippen molar-refractivity contribution >= 4 is 21.7 Å². The first-order chi connectivity index (χ1) is 16.1. The van der Waals surface area contributed by atoms with Crippen molar-refractivity contribution in [1.29, 1.82) is 10.5 Å². The molecule has 0 amide bonds. The van der Waals surface area contributed by atoms with Crippen LogP contribution >= 0.6 is 15.9 Å². The number of nitrogen functional groups attached to an aromatic ring is 1. The molecule has 0 bridgehead atoms. The molecule has 0 spiro atoms. The fourth-order valence-electron chi connectivity index (χ4n) is 2.63. The van der Waals surface area contributed by atoms with Gasteiger partial charge < -0.3 is 5.73 Å². The highest BCUT2D eigenvalue weighted by Gasteiger charge is 1.99. The zero-order valence-electron chi connectivity index (χ0n) is 18.0. The lowest BCUT2D eigenvalue weighted by Crippen LogP contribution is -2.01. The van der Waals surface area contributed by atoms with Gasteiger partial charge in [0.2, 0.25) is 0 Å². The van der Waals surface area contributed by atoms with E-state index in [1.807, 2.05) is 53.5 Å². The maximum atomic E-state index is 8.48. The standard InChI is InChI=1S/C12H12N4.C9H10N4.C2H2BrN/c13-6-1-2-12-5-9-16(15-12)10-11-3-7-14-8-4-11;10-9-3-6-13(12-9)7-8-1-4-11-5-2-8;3-1-2-4/h3-5,7-9H,1-2,10H2;1-6H,7H2,(H2,10,12);1H2. The molecular weight excluding hydrogens is 482 g/mol. The molecule has 0 aliphatic carbocycles. The molecule has 10 heteroatoms. The van der Waals surface area contributed by atoms with Crippen LogP contribution in [-0.2, 0) is 19.5 Å². The predicted octanol–water partition coefficient (Wildman–Crippen LogP) is 3.60. The van der Waals surface area contributed by atoms with E-state index in [0.29, 0.717) is 17.6 Å². The molecule has 0 saturated carbocycles. The van der Waals surface area contributed by atoms with Crippen LogP contribution in [0.15, 0.2) is 73.6 Å². The summed E-state index contributed by atoms with van der Waals surface area (Å²) in [6, 6.07) is 15.6. The van der Waals surface area contributed by atoms with Gasteiger partial charge >= 0.3 is 0 Å². The normalized spacial score (nSPS) is 9.42. The highest BCUT2D eigenvalue weighted by atomic mass is 79.9. The van der Waals surface area contributed by atoms with E-state index in [1.54, 1.807) is 35.5 Å². The molecule has 4 heterocycles. The summed E-state index contributed by atoms with van der Waals surface area (Å²) < 4.78 is 3.67. The molecule has 4 aromatic rings. The Morgan fingerprint density at radius 1 is 0.788 bits per heavy atom. The first-order valence-corrected chi connectivity index (χ1v) is 11.2. The van der Waals surface area contributed by atoms with Gasteiger partial charge in [0.1, 0.15) is 5.82 Å². The van der Waals surface area contributed by atoms with Gasteiger partial charge in [0.05, 0.1) is 36.3 Å². The third-order valence-corrected chi connectivity index (χ3v) is 4.35. The Balaban J connectivity index is 0.000000204. The number of aryl methyl sites for hydroxylation is 1. The van der Waals surface area contributed by atoms with Crippen molar-refractivity contribution in [3.05, 3.63) is 90.4 Å². The monoisotopic (exact) mass is 505 g/mol. The third kappa shape index (κ3) is 10.2. The molecule has 33 heavy (non-hydrogen) atoms. The van der Waals surface area contributed by atoms with Crippen LogP contribution in [0.3, 0.4) is 0 Å². The van der Waals surface area contributed by atoms with E-state index in [0.717, 1.165) is 30.8 Å². The highest BCUT2D eigenvalue weighted by molar-refractivity contribution is 9.09. The second-order valence-electron chi connectivity index (χ2n) is 6.60. The van der Waals surface area contributed by atoms with E-state index in [1.165, 1.54) is 5.56 Å². The fraction of sp³-hybridized carbons (Fsp3) is 0.217. The van der Waals surface area contributed by atoms with Crippen molar-refractivity contribution < 1.29 is 0 Å². The van der Waals surface area contributed by atoms with Crippen LogP contribution in [0, 0.1) is 22.7 Å². The Labute approximate surface area is 201 Å². The van der Waals surface area contributed by atoms with Crippen molar-refractivity contribution in [2.24, 2.45) is 0 Å². The first-order valence-electron chi connectivity index (χ1n) is 10.0. The van der Waals surface area contributed by atoms with Crippen LogP contribution in [0.5, 0.6) is 0 Å². The van der Waals surface area contributed by atoms with Crippen LogP contribution in [0.2, 0.25) is 0 Å². The van der Waals surface area contributed by atoms with Gasteiger partial charge in [-0.1, -0.05) is 15.9 Å². The van der Waals surface area contributed by atoms with Crippen LogP contribution in [-0.4, -0.2) is 34.9 Å². The second kappa shape index (κ2) is 14.9. The summed E-state index contributed by atoms with van der Waals surface area (Å²) >= 11 is 2.89. The molecule has 0 saturated heterocycles. The molecular formula is C23H24BrN9. The summed E-state index contributed by atoms with van der Waals surface area (Å²) in [6.07, 6.45) is 12.1. The smallest absolute Gasteiger partial charge is 0.145 e. The lowest BCUT2D eigenvalue weighted by Gasteiger charge is -2.00. The van der Waals surface area contributed by atoms with Gasteiger partial charge in [-0.2, -0.15) is 20.7 Å². The number of nitrogens with two attached hydrogens (primary N) is 1. The summed E-state index contributed by atoms with van der Waals surface area (Å²) in [5.74, 6) is 0.550. The number of pyridine rings is 2. The van der Waals surface area contributed by atoms with E-state index in [9.17, 15) is 0 Å². The maximum absolute atomic E-state index is 8.48. The van der Waals surface area contributed by atoms with Gasteiger partial charge in [-0.15, -0.1) is 0 Å². The zero-order valence-corrected chi connectivity index (χ0v) is 19.6. The van der Waals surface area contributed by atoms with Gasteiger partial charge in [-0.3, -0.25) is 19.3 Å². The van der Waals surface area contributed by atoms with E-state index in [4.69, 9.17) is 16.3 Å². The van der Waals surface area contributed by atoms with Crippen LogP contribution in [0.1, 0.15) is 23.2 Å². The summed E-state index contributed by atoms with van der Waals surface area (Å²) in [5.41, 5.74) is 8.79. The lowest BCUT2D eigenvalue weighted by molar-refractivity contribution is 0.670. The number of nitrogens with zero attached hydrogens (tertiary/aromatic N) is 8. The summed E-state index contributed by atoms with van der Waals surface area (Å²) in [4.78, 5) is 7.90. The number of anilines is 1. The first kappa shape index (κ1) is 25.2. The van der Waals surface area contributed by atoms with Crippen LogP contribution < -0.4 is 5.73 Å². The molecule has 0 radical (unpaired) electrons. The molecule has 0 atom stereocenters. The second-order valence-corrected chi connectivity index (χ2v) is 7.16. The number of alkyl halides is 1. The third-order valence-electron chi connectivity index (χ3n) is 4.10. The van der Waals surface area contributed by atoms with Crippen LogP contribution in [0.25, 0.3) is 0 Å². The SMILES string of the molecule is N#CCBr.N#CCCc1ccn(Cc2ccncc2)n1.Nc1ccn(Cc2ccncc2)n1. The number of rotatable bonds is 6. The topological polar surface area (TPSA) is 135 Å². The average Bonchev–Trinajstić information content (AvgIpc) is 3.48. The maximum Gasteiger partial charge on any atom is 0.145 e. The number of hydrogen-bond acceptors (Lipinski definition) is 7. The Morgan fingerprint density at radius 2 is 1.30 bits per heavy atom. The highest BCUT2D eigenvalue weighted by Crippen LogP contribution is 2.04. The van der Waals surface area contributed by atoms with Crippen molar-refractivity contribution in [1.82, 2.24) is 29.5 Å². The molecule has 0 fully saturated rings. The van der Waals surface area contributed by atoms with Gasteiger partial charge in [-0.25, -0.2) is 0 Å². The minimum Gasteiger partial charge on any atom is -0.382 e. The molecule has 0 unspecified atom stereocenters. The molecule has 9 nitrogen and oxygen atoms in total. The van der Waals surface area contributed by atoms with Crippen molar-refractivity contribution in [3.63, 3.8) is 0 Å². The minimum absolute atomic E-state index is 0.438. The Bertz CT molecular complexity index is 1140. The van der Waals surface area contributed by atoms with E-state index in [2.05, 4.69) is 42.2 Å². The van der Waals surface area contributed by atoms with E-state index < -0.39 is 0 Å². The largest absolute Gasteiger partial charge is 0.382 e. The Morgan fingerprint density at radius 3 is 1.76 bits per heavy atom. The predicted molar refractivity (Wildman–Crippen MR) is 129 cm³/mol. The van der Waals surface area contributed by atoms with Gasteiger partial charge in [0.25, 0.3) is 0 Å².